The highest BCUT2D eigenvalue weighted by molar-refractivity contribution is 9.10. The number of nitrogen functional groups attached to an aromatic ring is 1. The summed E-state index contributed by atoms with van der Waals surface area (Å²) in [5, 5.41) is 3.26. The zero-order valence-electron chi connectivity index (χ0n) is 11.1. The van der Waals surface area contributed by atoms with Crippen LogP contribution in [0.4, 0.5) is 11.8 Å². The second-order valence-electron chi connectivity index (χ2n) is 4.20. The molecule has 7 heteroatoms. The summed E-state index contributed by atoms with van der Waals surface area (Å²) in [6.45, 7) is 6.18. The third-order valence-electron chi connectivity index (χ3n) is 2.97. The van der Waals surface area contributed by atoms with Crippen molar-refractivity contribution < 1.29 is 0 Å². The van der Waals surface area contributed by atoms with Gasteiger partial charge < -0.3 is 10.2 Å². The van der Waals surface area contributed by atoms with Crippen LogP contribution in [0.1, 0.15) is 20.3 Å². The number of anilines is 2. The summed E-state index contributed by atoms with van der Waals surface area (Å²) in [5.74, 6) is 6.42. The molecule has 0 saturated heterocycles. The van der Waals surface area contributed by atoms with Crippen LogP contribution in [-0.4, -0.2) is 41.0 Å². The van der Waals surface area contributed by atoms with Crippen molar-refractivity contribution in [2.24, 2.45) is 5.84 Å². The maximum Gasteiger partial charge on any atom is 0.239 e. The fraction of sp³-hybridized carbons (Fsp3) is 0.636. The number of hydrogen-bond donors (Lipinski definition) is 3. The van der Waals surface area contributed by atoms with Gasteiger partial charge in [0, 0.05) is 25.3 Å². The molecule has 1 unspecified atom stereocenters. The molecule has 0 aliphatic carbocycles. The molecule has 0 aromatic carbocycles. The van der Waals surface area contributed by atoms with Crippen LogP contribution in [0.5, 0.6) is 0 Å². The highest BCUT2D eigenvalue weighted by Gasteiger charge is 2.07. The standard InChI is InChI=1S/C11H21BrN6/c1-4-8(2)18(3)6-5-14-10-9(12)7-15-11(16-10)17-13/h7-8H,4-6,13H2,1-3H3,(H2,14,15,16,17). The second kappa shape index (κ2) is 7.50. The molecule has 1 atom stereocenters. The Balaban J connectivity index is 2.48. The minimum absolute atomic E-state index is 0.399. The summed E-state index contributed by atoms with van der Waals surface area (Å²) in [5.41, 5.74) is 2.43. The molecule has 0 aliphatic rings. The summed E-state index contributed by atoms with van der Waals surface area (Å²) in [7, 11) is 2.12. The van der Waals surface area contributed by atoms with Gasteiger partial charge in [-0.15, -0.1) is 0 Å². The molecule has 0 bridgehead atoms. The minimum atomic E-state index is 0.399. The summed E-state index contributed by atoms with van der Waals surface area (Å²) in [6.07, 6.45) is 2.82. The van der Waals surface area contributed by atoms with Crippen LogP contribution in [0, 0.1) is 0 Å². The number of likely N-dealkylation sites (N-methyl/N-ethyl adjacent to an activating group) is 1. The van der Waals surface area contributed by atoms with E-state index in [4.69, 9.17) is 5.84 Å². The Labute approximate surface area is 116 Å². The fourth-order valence-electron chi connectivity index (χ4n) is 1.44. The molecule has 1 aromatic rings. The predicted molar refractivity (Wildman–Crippen MR) is 78.4 cm³/mol. The van der Waals surface area contributed by atoms with Gasteiger partial charge in [-0.25, -0.2) is 10.8 Å². The number of rotatable bonds is 7. The fourth-order valence-corrected chi connectivity index (χ4v) is 1.77. The van der Waals surface area contributed by atoms with Crippen molar-refractivity contribution in [2.75, 3.05) is 30.9 Å². The Morgan fingerprint density at radius 2 is 2.28 bits per heavy atom. The van der Waals surface area contributed by atoms with Crippen LogP contribution in [0.3, 0.4) is 0 Å². The number of halogens is 1. The molecule has 1 rings (SSSR count). The van der Waals surface area contributed by atoms with Crippen LogP contribution >= 0.6 is 15.9 Å². The first-order chi connectivity index (χ1) is 8.58. The van der Waals surface area contributed by atoms with E-state index in [1.54, 1.807) is 6.20 Å². The normalized spacial score (nSPS) is 12.6. The molecule has 0 amide bonds. The lowest BCUT2D eigenvalue weighted by molar-refractivity contribution is 0.261. The van der Waals surface area contributed by atoms with Crippen LogP contribution in [-0.2, 0) is 0 Å². The molecule has 0 saturated carbocycles. The van der Waals surface area contributed by atoms with Gasteiger partial charge in [0.1, 0.15) is 5.82 Å². The molecule has 4 N–H and O–H groups in total. The Bertz CT molecular complexity index is 373. The molecule has 102 valence electrons. The average molecular weight is 317 g/mol. The Morgan fingerprint density at radius 1 is 1.56 bits per heavy atom. The van der Waals surface area contributed by atoms with Crippen molar-refractivity contribution >= 4 is 27.7 Å². The lowest BCUT2D eigenvalue weighted by Crippen LogP contribution is -2.32. The molecule has 6 nitrogen and oxygen atoms in total. The molecular formula is C11H21BrN6. The van der Waals surface area contributed by atoms with Crippen molar-refractivity contribution in [1.82, 2.24) is 14.9 Å². The van der Waals surface area contributed by atoms with Crippen LogP contribution in [0.2, 0.25) is 0 Å². The van der Waals surface area contributed by atoms with Gasteiger partial charge in [0.25, 0.3) is 0 Å². The molecule has 1 heterocycles. The third-order valence-corrected chi connectivity index (χ3v) is 3.55. The summed E-state index contributed by atoms with van der Waals surface area (Å²) >= 11 is 3.40. The number of hydrazine groups is 1. The monoisotopic (exact) mass is 316 g/mol. The molecule has 0 radical (unpaired) electrons. The quantitative estimate of drug-likeness (QED) is 0.524. The van der Waals surface area contributed by atoms with Crippen molar-refractivity contribution in [3.05, 3.63) is 10.7 Å². The van der Waals surface area contributed by atoms with Gasteiger partial charge in [0.15, 0.2) is 0 Å². The van der Waals surface area contributed by atoms with Crippen LogP contribution in [0.25, 0.3) is 0 Å². The lowest BCUT2D eigenvalue weighted by atomic mass is 10.2. The number of hydrogen-bond acceptors (Lipinski definition) is 6. The number of nitrogens with two attached hydrogens (primary N) is 1. The van der Waals surface area contributed by atoms with E-state index < -0.39 is 0 Å². The van der Waals surface area contributed by atoms with E-state index >= 15 is 0 Å². The first-order valence-electron chi connectivity index (χ1n) is 6.01. The maximum absolute atomic E-state index is 5.28. The number of nitrogens with zero attached hydrogens (tertiary/aromatic N) is 3. The van der Waals surface area contributed by atoms with E-state index in [1.165, 1.54) is 0 Å². The smallest absolute Gasteiger partial charge is 0.239 e. The van der Waals surface area contributed by atoms with Crippen LogP contribution < -0.4 is 16.6 Å². The van der Waals surface area contributed by atoms with Crippen molar-refractivity contribution in [2.45, 2.75) is 26.3 Å². The van der Waals surface area contributed by atoms with Gasteiger partial charge in [-0.3, -0.25) is 5.43 Å². The number of aromatic nitrogens is 2. The Kier molecular flexibility index (Phi) is 6.31. The molecular weight excluding hydrogens is 296 g/mol. The van der Waals surface area contributed by atoms with Gasteiger partial charge in [0.05, 0.1) is 4.47 Å². The third kappa shape index (κ3) is 4.40. The van der Waals surface area contributed by atoms with Gasteiger partial charge in [-0.05, 0) is 36.3 Å². The van der Waals surface area contributed by atoms with Gasteiger partial charge >= 0.3 is 0 Å². The van der Waals surface area contributed by atoms with E-state index in [0.717, 1.165) is 29.8 Å². The van der Waals surface area contributed by atoms with Gasteiger partial charge in [0.2, 0.25) is 5.95 Å². The van der Waals surface area contributed by atoms with Crippen LogP contribution in [0.15, 0.2) is 10.7 Å². The van der Waals surface area contributed by atoms with Crippen molar-refractivity contribution in [3.63, 3.8) is 0 Å². The molecule has 0 spiro atoms. The summed E-state index contributed by atoms with van der Waals surface area (Å²) in [4.78, 5) is 10.5. The zero-order chi connectivity index (χ0) is 13.5. The van der Waals surface area contributed by atoms with Crippen molar-refractivity contribution in [1.29, 1.82) is 0 Å². The van der Waals surface area contributed by atoms with Gasteiger partial charge in [-0.1, -0.05) is 6.92 Å². The molecule has 0 aliphatic heterocycles. The summed E-state index contributed by atoms with van der Waals surface area (Å²) < 4.78 is 0.827. The predicted octanol–water partition coefficient (Wildman–Crippen LogP) is 1.67. The lowest BCUT2D eigenvalue weighted by Gasteiger charge is -2.23. The molecule has 0 fully saturated rings. The minimum Gasteiger partial charge on any atom is -0.368 e. The van der Waals surface area contributed by atoms with Gasteiger partial charge in [-0.2, -0.15) is 4.98 Å². The Morgan fingerprint density at radius 3 is 2.89 bits per heavy atom. The largest absolute Gasteiger partial charge is 0.368 e. The topological polar surface area (TPSA) is 79.1 Å². The first-order valence-corrected chi connectivity index (χ1v) is 6.81. The SMILES string of the molecule is CCC(C)N(C)CCNc1nc(NN)ncc1Br. The highest BCUT2D eigenvalue weighted by atomic mass is 79.9. The number of nitrogens with one attached hydrogen (secondary N) is 2. The van der Waals surface area contributed by atoms with E-state index in [2.05, 4.69) is 62.4 Å². The van der Waals surface area contributed by atoms with E-state index in [9.17, 15) is 0 Å². The maximum atomic E-state index is 5.28. The molecule has 1 aromatic heterocycles. The zero-order valence-corrected chi connectivity index (χ0v) is 12.7. The summed E-state index contributed by atoms with van der Waals surface area (Å²) in [6, 6.07) is 0.585. The second-order valence-corrected chi connectivity index (χ2v) is 5.05. The highest BCUT2D eigenvalue weighted by Crippen LogP contribution is 2.19. The van der Waals surface area contributed by atoms with E-state index in [-0.39, 0.29) is 0 Å². The van der Waals surface area contributed by atoms with E-state index in [1.807, 2.05) is 0 Å². The van der Waals surface area contributed by atoms with E-state index in [0.29, 0.717) is 12.0 Å². The Hall–Kier alpha value is -0.920. The molecule has 18 heavy (non-hydrogen) atoms. The first kappa shape index (κ1) is 15.1. The van der Waals surface area contributed by atoms with Crippen molar-refractivity contribution in [3.8, 4) is 0 Å². The average Bonchev–Trinajstić information content (AvgIpc) is 2.39.